The maximum absolute atomic E-state index is 5.30. The van der Waals surface area contributed by atoms with Gasteiger partial charge in [-0.3, -0.25) is 5.43 Å². The Balaban J connectivity index is 1.43. The highest BCUT2D eigenvalue weighted by atomic mass is 32.1. The lowest BCUT2D eigenvalue weighted by Crippen LogP contribution is -2.42. The monoisotopic (exact) mass is 263 g/mol. The lowest BCUT2D eigenvalue weighted by Gasteiger charge is -2.32. The van der Waals surface area contributed by atoms with Crippen molar-refractivity contribution in [3.05, 3.63) is 12.2 Å². The molecule has 3 aliphatic carbocycles. The van der Waals surface area contributed by atoms with Crippen molar-refractivity contribution in [3.63, 3.8) is 0 Å². The summed E-state index contributed by atoms with van der Waals surface area (Å²) in [5.74, 6) is 1.42. The third-order valence-electron chi connectivity index (χ3n) is 4.40. The molecule has 0 spiro atoms. The van der Waals surface area contributed by atoms with Gasteiger partial charge in [-0.2, -0.15) is 5.10 Å². The molecule has 18 heavy (non-hydrogen) atoms. The minimum Gasteiger partial charge on any atom is -0.359 e. The first-order valence-electron chi connectivity index (χ1n) is 7.12. The van der Waals surface area contributed by atoms with E-state index in [2.05, 4.69) is 28.0 Å². The molecule has 0 radical (unpaired) electrons. The third kappa shape index (κ3) is 2.58. The highest BCUT2D eigenvalue weighted by molar-refractivity contribution is 7.80. The number of nitrogens with one attached hydrogen (secondary N) is 2. The van der Waals surface area contributed by atoms with E-state index in [1.54, 1.807) is 0 Å². The lowest BCUT2D eigenvalue weighted by molar-refractivity contribution is 0.412. The third-order valence-corrected chi connectivity index (χ3v) is 4.61. The quantitative estimate of drug-likeness (QED) is 0.457. The topological polar surface area (TPSA) is 36.4 Å². The van der Waals surface area contributed by atoms with E-state index in [9.17, 15) is 0 Å². The average molecular weight is 263 g/mol. The lowest BCUT2D eigenvalue weighted by atomic mass is 9.74. The van der Waals surface area contributed by atoms with Gasteiger partial charge in [-0.25, -0.2) is 0 Å². The Morgan fingerprint density at radius 3 is 2.89 bits per heavy atom. The molecule has 0 amide bonds. The van der Waals surface area contributed by atoms with Gasteiger partial charge in [-0.15, -0.1) is 0 Å². The van der Waals surface area contributed by atoms with Gasteiger partial charge in [-0.05, 0) is 43.8 Å². The number of allylic oxidation sites excluding steroid dienone is 2. The van der Waals surface area contributed by atoms with Crippen LogP contribution in [0.2, 0.25) is 0 Å². The summed E-state index contributed by atoms with van der Waals surface area (Å²) >= 11 is 5.30. The Morgan fingerprint density at radius 1 is 1.28 bits per heavy atom. The zero-order valence-corrected chi connectivity index (χ0v) is 11.5. The summed E-state index contributed by atoms with van der Waals surface area (Å²) in [6.45, 7) is 0. The largest absolute Gasteiger partial charge is 0.359 e. The second-order valence-electron chi connectivity index (χ2n) is 5.66. The van der Waals surface area contributed by atoms with Crippen molar-refractivity contribution in [3.8, 4) is 0 Å². The highest BCUT2D eigenvalue weighted by Crippen LogP contribution is 2.39. The second-order valence-corrected chi connectivity index (χ2v) is 6.07. The molecule has 2 saturated carbocycles. The number of hydrogen-bond acceptors (Lipinski definition) is 2. The minimum absolute atomic E-state index is 0.557. The molecule has 2 N–H and O–H groups in total. The molecule has 0 heterocycles. The van der Waals surface area contributed by atoms with Crippen LogP contribution in [-0.4, -0.2) is 16.9 Å². The molecule has 3 rings (SSSR count). The van der Waals surface area contributed by atoms with Gasteiger partial charge >= 0.3 is 0 Å². The number of hydrazone groups is 1. The van der Waals surface area contributed by atoms with Crippen LogP contribution in [0.1, 0.15) is 44.9 Å². The Kier molecular flexibility index (Phi) is 3.64. The van der Waals surface area contributed by atoms with Crippen LogP contribution < -0.4 is 10.7 Å². The maximum atomic E-state index is 5.30. The van der Waals surface area contributed by atoms with E-state index < -0.39 is 0 Å². The van der Waals surface area contributed by atoms with Crippen LogP contribution in [0.25, 0.3) is 0 Å². The van der Waals surface area contributed by atoms with Gasteiger partial charge in [0.25, 0.3) is 0 Å². The molecule has 98 valence electrons. The first-order valence-corrected chi connectivity index (χ1v) is 7.53. The van der Waals surface area contributed by atoms with Crippen LogP contribution in [0.15, 0.2) is 17.3 Å². The predicted octanol–water partition coefficient (Wildman–Crippen LogP) is 2.74. The molecule has 3 aliphatic rings. The molecule has 2 fully saturated rings. The van der Waals surface area contributed by atoms with Gasteiger partial charge in [0.15, 0.2) is 5.11 Å². The first kappa shape index (κ1) is 12.2. The standard InChI is InChI=1S/C14H21N3S/c18-14(15-11-6-2-1-3-7-11)17-16-13-9-10-5-4-8-12(10)13/h4-5,10-12H,1-3,6-9H2,(H2,15,17,18)/b16-13+. The van der Waals surface area contributed by atoms with E-state index in [1.165, 1.54) is 37.8 Å². The van der Waals surface area contributed by atoms with E-state index in [4.69, 9.17) is 12.2 Å². The van der Waals surface area contributed by atoms with E-state index >= 15 is 0 Å². The van der Waals surface area contributed by atoms with E-state index in [1.807, 2.05) is 0 Å². The summed E-state index contributed by atoms with van der Waals surface area (Å²) in [7, 11) is 0. The van der Waals surface area contributed by atoms with Crippen LogP contribution in [0.5, 0.6) is 0 Å². The molecule has 0 aliphatic heterocycles. The fourth-order valence-corrected chi connectivity index (χ4v) is 3.46. The van der Waals surface area contributed by atoms with Crippen molar-refractivity contribution in [1.29, 1.82) is 0 Å². The Labute approximate surface area is 114 Å². The molecular formula is C14H21N3S. The summed E-state index contributed by atoms with van der Waals surface area (Å²) in [5.41, 5.74) is 4.31. The van der Waals surface area contributed by atoms with Crippen LogP contribution in [-0.2, 0) is 0 Å². The summed E-state index contributed by atoms with van der Waals surface area (Å²) < 4.78 is 0. The number of thiocarbonyl (C=S) groups is 1. The van der Waals surface area contributed by atoms with Crippen molar-refractivity contribution in [2.75, 3.05) is 0 Å². The Bertz CT molecular complexity index is 383. The SMILES string of the molecule is S=C(N/N=C1\CC2C=CCC12)NC1CCCCC1. The number of hydrogen-bond donors (Lipinski definition) is 2. The molecule has 0 saturated heterocycles. The minimum atomic E-state index is 0.557. The fraction of sp³-hybridized carbons (Fsp3) is 0.714. The van der Waals surface area contributed by atoms with Crippen molar-refractivity contribution < 1.29 is 0 Å². The summed E-state index contributed by atoms with van der Waals surface area (Å²) in [5, 5.41) is 8.54. The molecule has 2 atom stereocenters. The van der Waals surface area contributed by atoms with Gasteiger partial charge in [0.2, 0.25) is 0 Å². The van der Waals surface area contributed by atoms with Gasteiger partial charge in [-0.1, -0.05) is 31.4 Å². The molecule has 0 aromatic rings. The van der Waals surface area contributed by atoms with E-state index in [0.717, 1.165) is 18.8 Å². The number of rotatable bonds is 2. The van der Waals surface area contributed by atoms with E-state index in [0.29, 0.717) is 17.1 Å². The van der Waals surface area contributed by atoms with Crippen LogP contribution in [0.3, 0.4) is 0 Å². The average Bonchev–Trinajstić information content (AvgIpc) is 2.72. The normalized spacial score (nSPS) is 33.0. The smallest absolute Gasteiger partial charge is 0.187 e. The zero-order valence-electron chi connectivity index (χ0n) is 10.7. The number of nitrogens with zero attached hydrogens (tertiary/aromatic N) is 1. The zero-order chi connectivity index (χ0) is 12.4. The molecule has 2 unspecified atom stereocenters. The van der Waals surface area contributed by atoms with Crippen LogP contribution in [0.4, 0.5) is 0 Å². The van der Waals surface area contributed by atoms with Crippen molar-refractivity contribution in [1.82, 2.24) is 10.7 Å². The molecule has 0 aromatic carbocycles. The molecule has 3 nitrogen and oxygen atoms in total. The van der Waals surface area contributed by atoms with Gasteiger partial charge in [0.1, 0.15) is 0 Å². The van der Waals surface area contributed by atoms with Crippen molar-refractivity contribution in [2.45, 2.75) is 51.0 Å². The van der Waals surface area contributed by atoms with Gasteiger partial charge < -0.3 is 5.32 Å². The summed E-state index contributed by atoms with van der Waals surface area (Å²) in [6.07, 6.45) is 13.4. The molecule has 0 bridgehead atoms. The van der Waals surface area contributed by atoms with Gasteiger partial charge in [0, 0.05) is 17.7 Å². The maximum Gasteiger partial charge on any atom is 0.187 e. The van der Waals surface area contributed by atoms with Crippen molar-refractivity contribution >= 4 is 23.0 Å². The van der Waals surface area contributed by atoms with E-state index in [-0.39, 0.29) is 0 Å². The van der Waals surface area contributed by atoms with Crippen LogP contribution >= 0.6 is 12.2 Å². The van der Waals surface area contributed by atoms with Gasteiger partial charge in [0.05, 0.1) is 0 Å². The Morgan fingerprint density at radius 2 is 2.11 bits per heavy atom. The fourth-order valence-electron chi connectivity index (χ4n) is 3.25. The highest BCUT2D eigenvalue weighted by Gasteiger charge is 2.37. The van der Waals surface area contributed by atoms with Crippen molar-refractivity contribution in [2.24, 2.45) is 16.9 Å². The molecular weight excluding hydrogens is 242 g/mol. The second kappa shape index (κ2) is 5.39. The molecule has 4 heteroatoms. The molecule has 0 aromatic heterocycles. The summed E-state index contributed by atoms with van der Waals surface area (Å²) in [6, 6.07) is 0.557. The van der Waals surface area contributed by atoms with Crippen LogP contribution in [0, 0.1) is 11.8 Å². The predicted molar refractivity (Wildman–Crippen MR) is 78.5 cm³/mol. The summed E-state index contributed by atoms with van der Waals surface area (Å²) in [4.78, 5) is 0. The number of fused-ring (bicyclic) bond motifs is 1. The first-order chi connectivity index (χ1) is 8.83. The Hall–Kier alpha value is -0.900.